The van der Waals surface area contributed by atoms with Crippen molar-refractivity contribution in [3.05, 3.63) is 10.8 Å². The number of nitrogens with one attached hydrogen (secondary N) is 2. The predicted molar refractivity (Wildman–Crippen MR) is 85.7 cm³/mol. The number of hydrogen-bond donors (Lipinski definition) is 2. The quantitative estimate of drug-likeness (QED) is 0.703. The number of halogens is 1. The molecular formula is C14H25BrN4. The van der Waals surface area contributed by atoms with Gasteiger partial charge < -0.3 is 10.6 Å². The third kappa shape index (κ3) is 5.35. The normalized spacial score (nSPS) is 12.2. The van der Waals surface area contributed by atoms with Crippen LogP contribution < -0.4 is 10.6 Å². The summed E-state index contributed by atoms with van der Waals surface area (Å²) in [4.78, 5) is 8.58. The van der Waals surface area contributed by atoms with E-state index in [4.69, 9.17) is 0 Å². The molecule has 5 heteroatoms. The molecule has 0 aliphatic heterocycles. The molecule has 4 nitrogen and oxygen atoms in total. The van der Waals surface area contributed by atoms with Crippen molar-refractivity contribution in [1.29, 1.82) is 0 Å². The van der Waals surface area contributed by atoms with Gasteiger partial charge in [0.2, 0.25) is 0 Å². The summed E-state index contributed by atoms with van der Waals surface area (Å²) in [6.07, 6.45) is 7.64. The van der Waals surface area contributed by atoms with Crippen LogP contribution in [0.4, 0.5) is 11.6 Å². The first kappa shape index (κ1) is 16.2. The number of rotatable bonds is 9. The van der Waals surface area contributed by atoms with Gasteiger partial charge in [0.1, 0.15) is 22.4 Å². The van der Waals surface area contributed by atoms with Crippen LogP contribution >= 0.6 is 15.9 Å². The Hall–Kier alpha value is -0.840. The van der Waals surface area contributed by atoms with Gasteiger partial charge in [-0.2, -0.15) is 0 Å². The van der Waals surface area contributed by atoms with Crippen LogP contribution in [0.15, 0.2) is 10.8 Å². The third-order valence-electron chi connectivity index (χ3n) is 3.02. The Balaban J connectivity index is 2.74. The number of unbranched alkanes of at least 4 members (excludes halogenated alkanes) is 1. The monoisotopic (exact) mass is 328 g/mol. The number of hydrogen-bond acceptors (Lipinski definition) is 4. The molecule has 0 radical (unpaired) electrons. The average molecular weight is 329 g/mol. The molecule has 19 heavy (non-hydrogen) atoms. The van der Waals surface area contributed by atoms with Crippen molar-refractivity contribution in [2.45, 2.75) is 58.9 Å². The van der Waals surface area contributed by atoms with Gasteiger partial charge in [0.15, 0.2) is 0 Å². The molecule has 1 atom stereocenters. The van der Waals surface area contributed by atoms with Crippen molar-refractivity contribution in [1.82, 2.24) is 9.97 Å². The summed E-state index contributed by atoms with van der Waals surface area (Å²) in [6.45, 7) is 7.36. The van der Waals surface area contributed by atoms with Crippen LogP contribution in [-0.4, -0.2) is 22.6 Å². The van der Waals surface area contributed by atoms with Crippen LogP contribution in [-0.2, 0) is 0 Å². The molecule has 0 aromatic carbocycles. The summed E-state index contributed by atoms with van der Waals surface area (Å²) < 4.78 is 0.925. The Bertz CT molecular complexity index is 370. The van der Waals surface area contributed by atoms with Crippen molar-refractivity contribution in [2.75, 3.05) is 17.2 Å². The zero-order valence-corrected chi connectivity index (χ0v) is 13.8. The van der Waals surface area contributed by atoms with Crippen LogP contribution in [0.3, 0.4) is 0 Å². The highest BCUT2D eigenvalue weighted by atomic mass is 79.9. The highest BCUT2D eigenvalue weighted by molar-refractivity contribution is 9.10. The molecule has 0 spiro atoms. The van der Waals surface area contributed by atoms with E-state index in [1.54, 1.807) is 6.33 Å². The lowest BCUT2D eigenvalue weighted by atomic mass is 10.1. The van der Waals surface area contributed by atoms with Crippen molar-refractivity contribution < 1.29 is 0 Å². The molecule has 2 N–H and O–H groups in total. The first-order valence-corrected chi connectivity index (χ1v) is 8.03. The van der Waals surface area contributed by atoms with Crippen LogP contribution in [0.5, 0.6) is 0 Å². The summed E-state index contributed by atoms with van der Waals surface area (Å²) >= 11 is 3.58. The molecule has 1 rings (SSSR count). The van der Waals surface area contributed by atoms with E-state index in [0.717, 1.165) is 22.7 Å². The molecule has 1 aromatic rings. The maximum atomic E-state index is 4.34. The molecule has 0 aliphatic rings. The molecule has 0 amide bonds. The molecule has 1 heterocycles. The van der Waals surface area contributed by atoms with E-state index in [9.17, 15) is 0 Å². The second-order valence-electron chi connectivity index (χ2n) is 4.69. The third-order valence-corrected chi connectivity index (χ3v) is 3.77. The molecule has 0 bridgehead atoms. The Morgan fingerprint density at radius 3 is 2.47 bits per heavy atom. The maximum absolute atomic E-state index is 4.34. The van der Waals surface area contributed by atoms with Gasteiger partial charge >= 0.3 is 0 Å². The Morgan fingerprint density at radius 1 is 1.11 bits per heavy atom. The Labute approximate surface area is 124 Å². The van der Waals surface area contributed by atoms with E-state index < -0.39 is 0 Å². The van der Waals surface area contributed by atoms with Gasteiger partial charge in [-0.25, -0.2) is 9.97 Å². The lowest BCUT2D eigenvalue weighted by Gasteiger charge is -2.20. The molecule has 0 fully saturated rings. The van der Waals surface area contributed by atoms with E-state index in [1.807, 2.05) is 0 Å². The van der Waals surface area contributed by atoms with Crippen LogP contribution in [0, 0.1) is 0 Å². The zero-order chi connectivity index (χ0) is 14.1. The second-order valence-corrected chi connectivity index (χ2v) is 5.48. The van der Waals surface area contributed by atoms with Gasteiger partial charge in [-0.15, -0.1) is 0 Å². The summed E-state index contributed by atoms with van der Waals surface area (Å²) in [6, 6.07) is 0.491. The SMILES string of the molecule is CCCCC(CCC)Nc1ncnc(NCC)c1Br. The first-order valence-electron chi connectivity index (χ1n) is 7.23. The van der Waals surface area contributed by atoms with E-state index in [-0.39, 0.29) is 0 Å². The first-order chi connectivity index (χ1) is 9.22. The van der Waals surface area contributed by atoms with E-state index in [1.165, 1.54) is 32.1 Å². The molecule has 108 valence electrons. The minimum absolute atomic E-state index is 0.491. The fraction of sp³-hybridized carbons (Fsp3) is 0.714. The van der Waals surface area contributed by atoms with Gasteiger partial charge in [0.25, 0.3) is 0 Å². The largest absolute Gasteiger partial charge is 0.369 e. The van der Waals surface area contributed by atoms with Gasteiger partial charge in [0.05, 0.1) is 0 Å². The van der Waals surface area contributed by atoms with Gasteiger partial charge in [-0.1, -0.05) is 33.1 Å². The molecule has 0 saturated heterocycles. The van der Waals surface area contributed by atoms with Crippen molar-refractivity contribution in [2.24, 2.45) is 0 Å². The molecule has 0 saturated carbocycles. The minimum Gasteiger partial charge on any atom is -0.369 e. The summed E-state index contributed by atoms with van der Waals surface area (Å²) in [5.74, 6) is 1.74. The highest BCUT2D eigenvalue weighted by Gasteiger charge is 2.12. The highest BCUT2D eigenvalue weighted by Crippen LogP contribution is 2.27. The average Bonchev–Trinajstić information content (AvgIpc) is 2.41. The van der Waals surface area contributed by atoms with Crippen molar-refractivity contribution in [3.63, 3.8) is 0 Å². The van der Waals surface area contributed by atoms with E-state index >= 15 is 0 Å². The molecule has 0 aliphatic carbocycles. The van der Waals surface area contributed by atoms with Crippen molar-refractivity contribution in [3.8, 4) is 0 Å². The lowest BCUT2D eigenvalue weighted by molar-refractivity contribution is 0.562. The Kier molecular flexibility index (Phi) is 7.79. The van der Waals surface area contributed by atoms with Gasteiger partial charge in [-0.3, -0.25) is 0 Å². The number of anilines is 2. The van der Waals surface area contributed by atoms with Gasteiger partial charge in [0, 0.05) is 12.6 Å². The summed E-state index contributed by atoms with van der Waals surface area (Å²) in [5, 5.41) is 6.77. The molecular weight excluding hydrogens is 304 g/mol. The fourth-order valence-corrected chi connectivity index (χ4v) is 2.50. The number of aromatic nitrogens is 2. The summed E-state index contributed by atoms with van der Waals surface area (Å²) in [5.41, 5.74) is 0. The maximum Gasteiger partial charge on any atom is 0.146 e. The van der Waals surface area contributed by atoms with Crippen LogP contribution in [0.2, 0.25) is 0 Å². The van der Waals surface area contributed by atoms with E-state index in [0.29, 0.717) is 6.04 Å². The zero-order valence-electron chi connectivity index (χ0n) is 12.2. The molecule has 1 aromatic heterocycles. The standard InChI is InChI=1S/C14H25BrN4/c1-4-7-9-11(8-5-2)19-14-12(15)13(16-6-3)17-10-18-14/h10-11H,4-9H2,1-3H3,(H2,16,17,18,19). The topological polar surface area (TPSA) is 49.8 Å². The van der Waals surface area contributed by atoms with E-state index in [2.05, 4.69) is 57.3 Å². The minimum atomic E-state index is 0.491. The van der Waals surface area contributed by atoms with Crippen LogP contribution in [0.25, 0.3) is 0 Å². The lowest BCUT2D eigenvalue weighted by Crippen LogP contribution is -2.20. The predicted octanol–water partition coefficient (Wildman–Crippen LogP) is 4.44. The smallest absolute Gasteiger partial charge is 0.146 e. The second kappa shape index (κ2) is 9.13. The summed E-state index contributed by atoms with van der Waals surface area (Å²) in [7, 11) is 0. The van der Waals surface area contributed by atoms with Crippen molar-refractivity contribution >= 4 is 27.6 Å². The Morgan fingerprint density at radius 2 is 1.84 bits per heavy atom. The molecule has 1 unspecified atom stereocenters. The van der Waals surface area contributed by atoms with Crippen LogP contribution in [0.1, 0.15) is 52.9 Å². The van der Waals surface area contributed by atoms with Gasteiger partial charge in [-0.05, 0) is 35.7 Å². The number of nitrogens with zero attached hydrogens (tertiary/aromatic N) is 2. The fourth-order valence-electron chi connectivity index (χ4n) is 2.04.